The summed E-state index contributed by atoms with van der Waals surface area (Å²) in [4.78, 5) is 37.5. The normalized spacial score (nSPS) is 12.9. The van der Waals surface area contributed by atoms with Crippen LogP contribution in [0.2, 0.25) is 0 Å². The first-order valence-corrected chi connectivity index (χ1v) is 33.2. The molecular weight excluding hydrogens is 959 g/mol. The molecule has 0 aromatic heterocycles. The van der Waals surface area contributed by atoms with Gasteiger partial charge < -0.3 is 28.5 Å². The van der Waals surface area contributed by atoms with Crippen molar-refractivity contribution >= 4 is 17.9 Å². The average Bonchev–Trinajstić information content (AvgIpc) is 3.40. The molecule has 9 heteroatoms. The summed E-state index contributed by atoms with van der Waals surface area (Å²) >= 11 is 0. The highest BCUT2D eigenvalue weighted by Gasteiger charge is 2.25. The number of hydrogen-bond acceptors (Lipinski definition) is 7. The minimum absolute atomic E-state index is 0.181. The predicted octanol–water partition coefficient (Wildman–Crippen LogP) is 20.0. The Hall–Kier alpha value is -2.49. The van der Waals surface area contributed by atoms with E-state index < -0.39 is 24.3 Å². The van der Waals surface area contributed by atoms with Gasteiger partial charge in [0.1, 0.15) is 13.2 Å². The van der Waals surface area contributed by atoms with Crippen LogP contribution in [0.5, 0.6) is 0 Å². The third-order valence-corrected chi connectivity index (χ3v) is 14.9. The molecule has 1 N–H and O–H groups in total. The highest BCUT2D eigenvalue weighted by molar-refractivity contribution is 5.71. The van der Waals surface area contributed by atoms with Crippen LogP contribution in [-0.2, 0) is 33.3 Å². The Balaban J connectivity index is 4.12. The highest BCUT2D eigenvalue weighted by Crippen LogP contribution is 2.18. The molecule has 0 amide bonds. The first-order chi connectivity index (χ1) is 37.6. The van der Waals surface area contributed by atoms with E-state index in [-0.39, 0.29) is 32.2 Å². The third-order valence-electron chi connectivity index (χ3n) is 14.9. The monoisotopic (exact) mass is 1090 g/mol. The summed E-state index contributed by atoms with van der Waals surface area (Å²) in [5.74, 6) is -1.99. The summed E-state index contributed by atoms with van der Waals surface area (Å²) in [7, 11) is 5.98. The zero-order valence-electron chi connectivity index (χ0n) is 51.6. The second-order valence-corrected chi connectivity index (χ2v) is 23.8. The largest absolute Gasteiger partial charge is 0.477 e. The van der Waals surface area contributed by atoms with Crippen LogP contribution in [0.25, 0.3) is 0 Å². The van der Waals surface area contributed by atoms with E-state index >= 15 is 0 Å². The molecule has 0 fully saturated rings. The van der Waals surface area contributed by atoms with Crippen molar-refractivity contribution in [1.29, 1.82) is 0 Å². The van der Waals surface area contributed by atoms with Crippen LogP contribution >= 0.6 is 0 Å². The number of esters is 2. The van der Waals surface area contributed by atoms with Crippen molar-refractivity contribution in [2.75, 3.05) is 47.5 Å². The van der Waals surface area contributed by atoms with Crippen LogP contribution < -0.4 is 0 Å². The standard InChI is InChI=1S/C68H127NO8/c1-6-8-10-12-14-16-18-20-22-24-26-28-30-31-32-33-34-35-37-38-40-42-44-46-48-50-52-54-56-58-65(70)75-62-64(63-76-68(67(72)73)74-61-60-69(3,4)5)77-66(71)59-57-55-53-51-49-47-45-43-41-39-36-29-27-25-23-21-19-17-15-13-11-9-7-2/h19,21,25,27,36,39,64,68H,6-18,20,22-24,26,28-35,37-38,40-63H2,1-5H3/p+1/b21-19-,27-25-,39-36-. The summed E-state index contributed by atoms with van der Waals surface area (Å²) < 4.78 is 23.0. The quantitative estimate of drug-likeness (QED) is 0.0211. The van der Waals surface area contributed by atoms with Gasteiger partial charge in [0.2, 0.25) is 0 Å². The number of ether oxygens (including phenoxy) is 4. The second-order valence-electron chi connectivity index (χ2n) is 23.8. The van der Waals surface area contributed by atoms with Crippen LogP contribution in [0.3, 0.4) is 0 Å². The molecule has 0 radical (unpaired) electrons. The number of hydrogen-bond donors (Lipinski definition) is 1. The smallest absolute Gasteiger partial charge is 0.361 e. The molecule has 0 aromatic rings. The van der Waals surface area contributed by atoms with Gasteiger partial charge in [0.15, 0.2) is 6.10 Å². The first kappa shape index (κ1) is 74.5. The van der Waals surface area contributed by atoms with Gasteiger partial charge >= 0.3 is 17.9 Å². The Morgan fingerprint density at radius 2 is 0.701 bits per heavy atom. The van der Waals surface area contributed by atoms with Crippen LogP contribution in [0.4, 0.5) is 0 Å². The number of carbonyl (C=O) groups is 3. The topological polar surface area (TPSA) is 108 Å². The van der Waals surface area contributed by atoms with Crippen molar-refractivity contribution in [3.05, 3.63) is 36.5 Å². The summed E-state index contributed by atoms with van der Waals surface area (Å²) in [5, 5.41) is 9.73. The van der Waals surface area contributed by atoms with Crippen molar-refractivity contribution in [1.82, 2.24) is 0 Å². The molecule has 0 aliphatic carbocycles. The fraction of sp³-hybridized carbons (Fsp3) is 0.868. The fourth-order valence-electron chi connectivity index (χ4n) is 9.79. The highest BCUT2D eigenvalue weighted by atomic mass is 16.7. The molecule has 0 saturated carbocycles. The van der Waals surface area contributed by atoms with Gasteiger partial charge in [0, 0.05) is 12.8 Å². The number of carboxylic acid groups (broad SMARTS) is 1. The van der Waals surface area contributed by atoms with Crippen molar-refractivity contribution < 1.29 is 42.9 Å². The summed E-state index contributed by atoms with van der Waals surface area (Å²) in [6.07, 6.45) is 71.0. The van der Waals surface area contributed by atoms with Crippen molar-refractivity contribution in [2.45, 2.75) is 334 Å². The lowest BCUT2D eigenvalue weighted by molar-refractivity contribution is -0.870. The van der Waals surface area contributed by atoms with E-state index in [0.29, 0.717) is 23.9 Å². The van der Waals surface area contributed by atoms with Gasteiger partial charge in [-0.25, -0.2) is 4.79 Å². The Bertz CT molecular complexity index is 1360. The maximum absolute atomic E-state index is 12.9. The van der Waals surface area contributed by atoms with Crippen LogP contribution in [0.1, 0.15) is 322 Å². The molecule has 77 heavy (non-hydrogen) atoms. The van der Waals surface area contributed by atoms with Gasteiger partial charge in [-0.1, -0.05) is 294 Å². The maximum Gasteiger partial charge on any atom is 0.361 e. The van der Waals surface area contributed by atoms with Gasteiger partial charge in [0.05, 0.1) is 34.4 Å². The SMILES string of the molecule is CCCCCCC/C=C\C/C=C\C/C=C\CCCCCCCCCCC(=O)OC(COC(=O)CCCCCCCCCCCCCCCCCCCCCCCCCCCCCCC)COC(OCC[N+](C)(C)C)C(=O)O. The van der Waals surface area contributed by atoms with E-state index in [1.165, 1.54) is 231 Å². The molecular formula is C68H128NO8+. The van der Waals surface area contributed by atoms with E-state index in [1.54, 1.807) is 0 Å². The number of allylic oxidation sites excluding steroid dienone is 6. The molecule has 0 rings (SSSR count). The van der Waals surface area contributed by atoms with E-state index in [1.807, 2.05) is 21.1 Å². The molecule has 0 aliphatic heterocycles. The van der Waals surface area contributed by atoms with Gasteiger partial charge in [-0.05, 0) is 51.4 Å². The fourth-order valence-corrected chi connectivity index (χ4v) is 9.79. The molecule has 2 unspecified atom stereocenters. The average molecular weight is 1090 g/mol. The summed E-state index contributed by atoms with van der Waals surface area (Å²) in [5.41, 5.74) is 0. The van der Waals surface area contributed by atoms with Gasteiger partial charge in [0.25, 0.3) is 6.29 Å². The van der Waals surface area contributed by atoms with Crippen molar-refractivity contribution in [3.63, 3.8) is 0 Å². The second kappa shape index (κ2) is 59.6. The molecule has 0 aromatic carbocycles. The Morgan fingerprint density at radius 3 is 1.04 bits per heavy atom. The Morgan fingerprint density at radius 1 is 0.390 bits per heavy atom. The number of rotatable bonds is 62. The third kappa shape index (κ3) is 61.0. The number of carboxylic acids is 1. The predicted molar refractivity (Wildman–Crippen MR) is 327 cm³/mol. The molecule has 2 atom stereocenters. The Kier molecular flexibility index (Phi) is 57.7. The lowest BCUT2D eigenvalue weighted by Crippen LogP contribution is -2.40. The molecule has 0 saturated heterocycles. The molecule has 452 valence electrons. The number of unbranched alkanes of at least 4 members (excludes halogenated alkanes) is 41. The Labute approximate surface area is 477 Å². The zero-order valence-corrected chi connectivity index (χ0v) is 51.6. The number of aliphatic carboxylic acids is 1. The minimum atomic E-state index is -1.51. The number of carbonyl (C=O) groups excluding carboxylic acids is 2. The first-order valence-electron chi connectivity index (χ1n) is 33.2. The lowest BCUT2D eigenvalue weighted by atomic mass is 10.0. The van der Waals surface area contributed by atoms with E-state index in [9.17, 15) is 19.5 Å². The summed E-state index contributed by atoms with van der Waals surface area (Å²) in [6, 6.07) is 0. The summed E-state index contributed by atoms with van der Waals surface area (Å²) in [6.45, 7) is 4.91. The number of likely N-dealkylation sites (N-methyl/N-ethyl adjacent to an activating group) is 1. The van der Waals surface area contributed by atoms with Gasteiger partial charge in [-0.2, -0.15) is 0 Å². The number of nitrogens with zero attached hydrogens (tertiary/aromatic N) is 1. The van der Waals surface area contributed by atoms with Crippen molar-refractivity contribution in [2.24, 2.45) is 0 Å². The van der Waals surface area contributed by atoms with E-state index in [2.05, 4.69) is 50.3 Å². The molecule has 0 bridgehead atoms. The van der Waals surface area contributed by atoms with Crippen LogP contribution in [0.15, 0.2) is 36.5 Å². The minimum Gasteiger partial charge on any atom is -0.477 e. The molecule has 9 nitrogen and oxygen atoms in total. The van der Waals surface area contributed by atoms with Crippen LogP contribution in [-0.4, -0.2) is 87.4 Å². The molecule has 0 heterocycles. The van der Waals surface area contributed by atoms with Crippen molar-refractivity contribution in [3.8, 4) is 0 Å². The van der Waals surface area contributed by atoms with Gasteiger partial charge in [-0.15, -0.1) is 0 Å². The number of quaternary nitrogens is 1. The zero-order chi connectivity index (χ0) is 56.2. The lowest BCUT2D eigenvalue weighted by Gasteiger charge is -2.25. The van der Waals surface area contributed by atoms with Crippen LogP contribution in [0, 0.1) is 0 Å². The molecule has 0 spiro atoms. The van der Waals surface area contributed by atoms with E-state index in [0.717, 1.165) is 57.8 Å². The molecule has 0 aliphatic rings. The maximum atomic E-state index is 12.9. The van der Waals surface area contributed by atoms with Gasteiger partial charge in [-0.3, -0.25) is 9.59 Å². The van der Waals surface area contributed by atoms with E-state index in [4.69, 9.17) is 18.9 Å².